The molecule has 1 amide bonds. The number of amides is 1. The topological polar surface area (TPSA) is 45.6 Å². The fourth-order valence-corrected chi connectivity index (χ4v) is 2.94. The molecule has 1 aliphatic heterocycles. The van der Waals surface area contributed by atoms with Gasteiger partial charge in [0.05, 0.1) is 12.1 Å². The Morgan fingerprint density at radius 1 is 1.00 bits per heavy atom. The molecule has 0 aliphatic carbocycles. The molecule has 112 valence electrons. The van der Waals surface area contributed by atoms with Crippen molar-refractivity contribution in [3.63, 3.8) is 0 Å². The highest BCUT2D eigenvalue weighted by molar-refractivity contribution is 6.18. The molecular weight excluding hydrogens is 286 g/mol. The van der Waals surface area contributed by atoms with E-state index < -0.39 is 0 Å². The molecule has 0 saturated carbocycles. The lowest BCUT2D eigenvalue weighted by molar-refractivity contribution is 0.0858. The maximum absolute atomic E-state index is 12.8. The summed E-state index contributed by atoms with van der Waals surface area (Å²) in [5, 5.41) is 2.26. The Morgan fingerprint density at radius 3 is 2.74 bits per heavy atom. The minimum absolute atomic E-state index is 0.0534. The highest BCUT2D eigenvalue weighted by atomic mass is 16.2. The van der Waals surface area contributed by atoms with Gasteiger partial charge in [-0.1, -0.05) is 42.5 Å². The second kappa shape index (κ2) is 5.65. The number of aliphatic imine (C=N–C) groups is 1. The zero-order valence-corrected chi connectivity index (χ0v) is 12.5. The molecular formula is C19H15N3O. The molecule has 0 radical (unpaired) electrons. The number of carbonyl (C=O) groups is 1. The highest BCUT2D eigenvalue weighted by Crippen LogP contribution is 2.23. The number of hydrogen-bond acceptors (Lipinski definition) is 3. The van der Waals surface area contributed by atoms with Crippen LogP contribution in [0.4, 0.5) is 0 Å². The highest BCUT2D eigenvalue weighted by Gasteiger charge is 2.26. The number of aromatic nitrogens is 1. The van der Waals surface area contributed by atoms with E-state index in [1.807, 2.05) is 24.3 Å². The van der Waals surface area contributed by atoms with Crippen molar-refractivity contribution in [3.8, 4) is 0 Å². The molecule has 0 fully saturated rings. The lowest BCUT2D eigenvalue weighted by Gasteiger charge is -2.19. The predicted octanol–water partition coefficient (Wildman–Crippen LogP) is 3.14. The molecule has 1 aromatic heterocycles. The van der Waals surface area contributed by atoms with Crippen LogP contribution >= 0.6 is 0 Å². The van der Waals surface area contributed by atoms with E-state index in [1.165, 1.54) is 0 Å². The number of hydrogen-bond donors (Lipinski definition) is 0. The van der Waals surface area contributed by atoms with E-state index in [0.29, 0.717) is 18.7 Å². The first-order chi connectivity index (χ1) is 11.3. The first kappa shape index (κ1) is 13.6. The van der Waals surface area contributed by atoms with Gasteiger partial charge in [-0.2, -0.15) is 0 Å². The summed E-state index contributed by atoms with van der Waals surface area (Å²) in [6, 6.07) is 17.8. The van der Waals surface area contributed by atoms with Crippen LogP contribution in [-0.2, 0) is 0 Å². The number of rotatable bonds is 2. The van der Waals surface area contributed by atoms with Gasteiger partial charge in [-0.15, -0.1) is 0 Å². The molecule has 0 unspecified atom stereocenters. The Balaban J connectivity index is 1.77. The van der Waals surface area contributed by atoms with Crippen molar-refractivity contribution in [1.82, 2.24) is 9.88 Å². The van der Waals surface area contributed by atoms with Crippen LogP contribution in [0.2, 0.25) is 0 Å². The average Bonchev–Trinajstić information content (AvgIpc) is 3.11. The van der Waals surface area contributed by atoms with Crippen LogP contribution in [-0.4, -0.2) is 34.7 Å². The molecule has 0 N–H and O–H groups in total. The van der Waals surface area contributed by atoms with Gasteiger partial charge in [-0.05, 0) is 22.9 Å². The third-order valence-corrected chi connectivity index (χ3v) is 4.03. The fourth-order valence-electron chi connectivity index (χ4n) is 2.94. The van der Waals surface area contributed by atoms with Crippen molar-refractivity contribution in [2.24, 2.45) is 4.99 Å². The van der Waals surface area contributed by atoms with Crippen LogP contribution in [0, 0.1) is 0 Å². The number of benzene rings is 2. The molecule has 0 spiro atoms. The zero-order chi connectivity index (χ0) is 15.6. The molecule has 4 heteroatoms. The molecule has 23 heavy (non-hydrogen) atoms. The van der Waals surface area contributed by atoms with Crippen LogP contribution in [0.3, 0.4) is 0 Å². The minimum Gasteiger partial charge on any atom is -0.291 e. The van der Waals surface area contributed by atoms with E-state index in [-0.39, 0.29) is 5.91 Å². The fraction of sp³-hybridized carbons (Fsp3) is 0.105. The third kappa shape index (κ3) is 2.38. The quantitative estimate of drug-likeness (QED) is 0.730. The second-order valence-electron chi connectivity index (χ2n) is 5.43. The van der Waals surface area contributed by atoms with E-state index in [9.17, 15) is 4.79 Å². The molecule has 0 bridgehead atoms. The van der Waals surface area contributed by atoms with Gasteiger partial charge in [-0.25, -0.2) is 0 Å². The Kier molecular flexibility index (Phi) is 3.35. The molecule has 2 heterocycles. The summed E-state index contributed by atoms with van der Waals surface area (Å²) < 4.78 is 0. The number of amidine groups is 1. The molecule has 0 atom stereocenters. The van der Waals surface area contributed by atoms with Crippen molar-refractivity contribution >= 4 is 22.5 Å². The van der Waals surface area contributed by atoms with Crippen molar-refractivity contribution < 1.29 is 4.79 Å². The number of fused-ring (bicyclic) bond motifs is 1. The maximum atomic E-state index is 12.8. The summed E-state index contributed by atoms with van der Waals surface area (Å²) in [6.07, 6.45) is 3.27. The predicted molar refractivity (Wildman–Crippen MR) is 90.6 cm³/mol. The lowest BCUT2D eigenvalue weighted by atomic mass is 10.0. The number of pyridine rings is 1. The van der Waals surface area contributed by atoms with Gasteiger partial charge in [0.2, 0.25) is 0 Å². The van der Waals surface area contributed by atoms with Crippen LogP contribution < -0.4 is 0 Å². The average molecular weight is 301 g/mol. The summed E-state index contributed by atoms with van der Waals surface area (Å²) in [7, 11) is 0. The molecule has 4 nitrogen and oxygen atoms in total. The SMILES string of the molecule is O=C(c1cccnc1)N1CCN=C1c1cccc2ccccc12. The van der Waals surface area contributed by atoms with E-state index in [2.05, 4.69) is 28.2 Å². The Hall–Kier alpha value is -3.01. The van der Waals surface area contributed by atoms with E-state index in [4.69, 9.17) is 0 Å². The summed E-state index contributed by atoms with van der Waals surface area (Å²) in [5.74, 6) is 0.693. The van der Waals surface area contributed by atoms with Crippen molar-refractivity contribution in [3.05, 3.63) is 78.1 Å². The third-order valence-electron chi connectivity index (χ3n) is 4.03. The molecule has 1 aliphatic rings. The van der Waals surface area contributed by atoms with Gasteiger partial charge in [0, 0.05) is 24.5 Å². The van der Waals surface area contributed by atoms with Gasteiger partial charge in [0.1, 0.15) is 5.84 Å². The van der Waals surface area contributed by atoms with E-state index in [0.717, 1.165) is 22.2 Å². The van der Waals surface area contributed by atoms with Gasteiger partial charge in [0.15, 0.2) is 0 Å². The van der Waals surface area contributed by atoms with E-state index >= 15 is 0 Å². The first-order valence-electron chi connectivity index (χ1n) is 7.59. The summed E-state index contributed by atoms with van der Waals surface area (Å²) in [5.41, 5.74) is 1.58. The first-order valence-corrected chi connectivity index (χ1v) is 7.59. The van der Waals surface area contributed by atoms with Crippen LogP contribution in [0.15, 0.2) is 72.0 Å². The van der Waals surface area contributed by atoms with Crippen LogP contribution in [0.25, 0.3) is 10.8 Å². The largest absolute Gasteiger partial charge is 0.291 e. The molecule has 2 aromatic carbocycles. The molecule has 3 aromatic rings. The lowest BCUT2D eigenvalue weighted by Crippen LogP contribution is -2.35. The van der Waals surface area contributed by atoms with Gasteiger partial charge in [-0.3, -0.25) is 19.7 Å². The summed E-state index contributed by atoms with van der Waals surface area (Å²) in [4.78, 5) is 23.1. The van der Waals surface area contributed by atoms with Gasteiger partial charge >= 0.3 is 0 Å². The Bertz CT molecular complexity index is 897. The Labute approximate surface area is 134 Å². The normalized spacial score (nSPS) is 14.1. The second-order valence-corrected chi connectivity index (χ2v) is 5.43. The summed E-state index contributed by atoms with van der Waals surface area (Å²) in [6.45, 7) is 1.23. The minimum atomic E-state index is -0.0534. The Morgan fingerprint density at radius 2 is 1.87 bits per heavy atom. The number of nitrogens with zero attached hydrogens (tertiary/aromatic N) is 3. The van der Waals surface area contributed by atoms with E-state index in [1.54, 1.807) is 29.4 Å². The smallest absolute Gasteiger partial charge is 0.261 e. The van der Waals surface area contributed by atoms with Crippen LogP contribution in [0.1, 0.15) is 15.9 Å². The number of carbonyl (C=O) groups excluding carboxylic acids is 1. The maximum Gasteiger partial charge on any atom is 0.261 e. The van der Waals surface area contributed by atoms with Gasteiger partial charge in [0.25, 0.3) is 5.91 Å². The standard InChI is InChI=1S/C19H15N3O/c23-19(15-7-4-10-20-13-15)22-12-11-21-18(22)17-9-3-6-14-5-1-2-8-16(14)17/h1-10,13H,11-12H2. The zero-order valence-electron chi connectivity index (χ0n) is 12.5. The van der Waals surface area contributed by atoms with Crippen molar-refractivity contribution in [2.45, 2.75) is 0 Å². The van der Waals surface area contributed by atoms with Gasteiger partial charge < -0.3 is 0 Å². The van der Waals surface area contributed by atoms with Crippen molar-refractivity contribution in [1.29, 1.82) is 0 Å². The molecule has 4 rings (SSSR count). The monoisotopic (exact) mass is 301 g/mol. The summed E-state index contributed by atoms with van der Waals surface area (Å²) >= 11 is 0. The molecule has 0 saturated heterocycles. The van der Waals surface area contributed by atoms with Crippen molar-refractivity contribution in [2.75, 3.05) is 13.1 Å². The van der Waals surface area contributed by atoms with Crippen LogP contribution in [0.5, 0.6) is 0 Å².